The highest BCUT2D eigenvalue weighted by atomic mass is 16.4. The van der Waals surface area contributed by atoms with Gasteiger partial charge >= 0.3 is 5.97 Å². The fourth-order valence-corrected chi connectivity index (χ4v) is 3.35. The Labute approximate surface area is 135 Å². The lowest BCUT2D eigenvalue weighted by Gasteiger charge is -2.30. The molecular formula is C17H24N2O4. The maximum atomic E-state index is 12.9. The molecule has 0 aromatic carbocycles. The van der Waals surface area contributed by atoms with Gasteiger partial charge in [-0.25, -0.2) is 0 Å². The summed E-state index contributed by atoms with van der Waals surface area (Å²) in [5, 5.41) is 9.18. The second kappa shape index (κ2) is 7.44. The molecular weight excluding hydrogens is 296 g/mol. The van der Waals surface area contributed by atoms with E-state index in [0.29, 0.717) is 11.3 Å². The lowest BCUT2D eigenvalue weighted by Crippen LogP contribution is -2.45. The normalized spacial score (nSPS) is 15.9. The maximum absolute atomic E-state index is 12.9. The SMILES string of the molecule is Cc1cc(C)c(C(=O)N(CC(=O)O)C2CCCCCC2)c(=O)[nH]1. The van der Waals surface area contributed by atoms with Crippen molar-refractivity contribution in [3.8, 4) is 0 Å². The topological polar surface area (TPSA) is 90.5 Å². The number of aromatic nitrogens is 1. The van der Waals surface area contributed by atoms with E-state index in [0.717, 1.165) is 38.5 Å². The van der Waals surface area contributed by atoms with E-state index in [9.17, 15) is 19.5 Å². The van der Waals surface area contributed by atoms with Crippen molar-refractivity contribution in [2.45, 2.75) is 58.4 Å². The highest BCUT2D eigenvalue weighted by Gasteiger charge is 2.29. The van der Waals surface area contributed by atoms with Crippen LogP contribution < -0.4 is 5.56 Å². The molecule has 1 amide bonds. The molecule has 1 heterocycles. The number of amides is 1. The number of pyridine rings is 1. The molecule has 0 spiro atoms. The van der Waals surface area contributed by atoms with Crippen molar-refractivity contribution >= 4 is 11.9 Å². The second-order valence-corrected chi connectivity index (χ2v) is 6.31. The van der Waals surface area contributed by atoms with Gasteiger partial charge in [-0.1, -0.05) is 25.7 Å². The summed E-state index contributed by atoms with van der Waals surface area (Å²) < 4.78 is 0. The minimum absolute atomic E-state index is 0.0566. The van der Waals surface area contributed by atoms with Gasteiger partial charge in [-0.15, -0.1) is 0 Å². The zero-order valence-electron chi connectivity index (χ0n) is 13.7. The van der Waals surface area contributed by atoms with Gasteiger partial charge in [0.25, 0.3) is 11.5 Å². The Bertz CT molecular complexity index is 642. The van der Waals surface area contributed by atoms with E-state index in [-0.39, 0.29) is 18.2 Å². The standard InChI is InChI=1S/C17H24N2O4/c1-11-9-12(2)18-16(22)15(11)17(23)19(10-14(20)21)13-7-5-3-4-6-8-13/h9,13H,3-8,10H2,1-2H3,(H,18,22)(H,20,21). The van der Waals surface area contributed by atoms with Crippen molar-refractivity contribution < 1.29 is 14.7 Å². The molecule has 1 saturated carbocycles. The number of hydrogen-bond acceptors (Lipinski definition) is 3. The molecule has 0 radical (unpaired) electrons. The van der Waals surface area contributed by atoms with Crippen LogP contribution in [-0.4, -0.2) is 39.5 Å². The predicted octanol–water partition coefficient (Wildman–Crippen LogP) is 2.24. The van der Waals surface area contributed by atoms with Crippen molar-refractivity contribution in [3.05, 3.63) is 33.2 Å². The van der Waals surface area contributed by atoms with Crippen LogP contribution in [0.25, 0.3) is 0 Å². The summed E-state index contributed by atoms with van der Waals surface area (Å²) in [5.41, 5.74) is 0.876. The zero-order chi connectivity index (χ0) is 17.0. The zero-order valence-corrected chi connectivity index (χ0v) is 13.7. The fourth-order valence-electron chi connectivity index (χ4n) is 3.35. The Morgan fingerprint density at radius 1 is 1.22 bits per heavy atom. The van der Waals surface area contributed by atoms with Gasteiger partial charge in [0, 0.05) is 11.7 Å². The van der Waals surface area contributed by atoms with E-state index < -0.39 is 17.4 Å². The summed E-state index contributed by atoms with van der Waals surface area (Å²) in [5.74, 6) is -1.53. The van der Waals surface area contributed by atoms with Crippen molar-refractivity contribution in [3.63, 3.8) is 0 Å². The number of nitrogens with one attached hydrogen (secondary N) is 1. The van der Waals surface area contributed by atoms with Crippen LogP contribution in [0.5, 0.6) is 0 Å². The first-order valence-electron chi connectivity index (χ1n) is 8.13. The number of carboxylic acids is 1. The summed E-state index contributed by atoms with van der Waals surface area (Å²) in [6, 6.07) is 1.63. The number of H-pyrrole nitrogens is 1. The van der Waals surface area contributed by atoms with E-state index >= 15 is 0 Å². The van der Waals surface area contributed by atoms with E-state index in [2.05, 4.69) is 4.98 Å². The lowest BCUT2D eigenvalue weighted by molar-refractivity contribution is -0.138. The average molecular weight is 320 g/mol. The molecule has 1 aliphatic rings. The average Bonchev–Trinajstić information content (AvgIpc) is 2.72. The van der Waals surface area contributed by atoms with Gasteiger partial charge in [-0.3, -0.25) is 14.4 Å². The molecule has 0 atom stereocenters. The molecule has 0 aliphatic heterocycles. The van der Waals surface area contributed by atoms with Crippen LogP contribution in [0, 0.1) is 13.8 Å². The van der Waals surface area contributed by atoms with Gasteiger partial charge in [-0.2, -0.15) is 0 Å². The van der Waals surface area contributed by atoms with Gasteiger partial charge in [0.05, 0.1) is 0 Å². The number of nitrogens with zero attached hydrogens (tertiary/aromatic N) is 1. The van der Waals surface area contributed by atoms with Crippen LogP contribution in [0.15, 0.2) is 10.9 Å². The van der Waals surface area contributed by atoms with Crippen LogP contribution in [0.3, 0.4) is 0 Å². The molecule has 0 unspecified atom stereocenters. The van der Waals surface area contributed by atoms with Crippen LogP contribution in [0.1, 0.15) is 60.1 Å². The molecule has 6 nitrogen and oxygen atoms in total. The first-order chi connectivity index (χ1) is 10.9. The number of aromatic amines is 1. The molecule has 126 valence electrons. The third-order valence-electron chi connectivity index (χ3n) is 4.41. The molecule has 1 aromatic rings. The quantitative estimate of drug-likeness (QED) is 0.832. The second-order valence-electron chi connectivity index (χ2n) is 6.31. The van der Waals surface area contributed by atoms with Crippen LogP contribution >= 0.6 is 0 Å². The smallest absolute Gasteiger partial charge is 0.323 e. The molecule has 6 heteroatoms. The van der Waals surface area contributed by atoms with E-state index in [1.807, 2.05) is 0 Å². The number of aryl methyl sites for hydroxylation is 2. The highest BCUT2D eigenvalue weighted by Crippen LogP contribution is 2.23. The molecule has 2 N–H and O–H groups in total. The Hall–Kier alpha value is -2.11. The van der Waals surface area contributed by atoms with Crippen molar-refractivity contribution in [1.82, 2.24) is 9.88 Å². The van der Waals surface area contributed by atoms with E-state index in [4.69, 9.17) is 0 Å². The molecule has 1 aromatic heterocycles. The van der Waals surface area contributed by atoms with Gasteiger partial charge in [-0.05, 0) is 38.3 Å². The number of hydrogen-bond donors (Lipinski definition) is 2. The van der Waals surface area contributed by atoms with Crippen molar-refractivity contribution in [2.75, 3.05) is 6.54 Å². The number of rotatable bonds is 4. The molecule has 0 bridgehead atoms. The molecule has 1 fully saturated rings. The third kappa shape index (κ3) is 4.21. The van der Waals surface area contributed by atoms with Crippen molar-refractivity contribution in [1.29, 1.82) is 0 Å². The molecule has 23 heavy (non-hydrogen) atoms. The Morgan fingerprint density at radius 2 is 1.83 bits per heavy atom. The molecule has 1 aliphatic carbocycles. The van der Waals surface area contributed by atoms with Crippen LogP contribution in [0.4, 0.5) is 0 Å². The fraction of sp³-hybridized carbons (Fsp3) is 0.588. The Morgan fingerprint density at radius 3 is 2.35 bits per heavy atom. The summed E-state index contributed by atoms with van der Waals surface area (Å²) in [4.78, 5) is 40.3. The number of aliphatic carboxylic acids is 1. The molecule has 0 saturated heterocycles. The highest BCUT2D eigenvalue weighted by molar-refractivity contribution is 5.97. The summed E-state index contributed by atoms with van der Waals surface area (Å²) in [6.45, 7) is 3.10. The van der Waals surface area contributed by atoms with E-state index in [1.165, 1.54) is 4.90 Å². The largest absolute Gasteiger partial charge is 0.480 e. The van der Waals surface area contributed by atoms with E-state index in [1.54, 1.807) is 19.9 Å². The van der Waals surface area contributed by atoms with Gasteiger partial charge < -0.3 is 15.0 Å². The predicted molar refractivity (Wildman–Crippen MR) is 86.7 cm³/mol. The van der Waals surface area contributed by atoms with Gasteiger partial charge in [0.1, 0.15) is 12.1 Å². The minimum atomic E-state index is -1.05. The summed E-state index contributed by atoms with van der Waals surface area (Å²) in [7, 11) is 0. The monoisotopic (exact) mass is 320 g/mol. The Kier molecular flexibility index (Phi) is 5.58. The van der Waals surface area contributed by atoms with Crippen LogP contribution in [-0.2, 0) is 4.79 Å². The minimum Gasteiger partial charge on any atom is -0.480 e. The lowest BCUT2D eigenvalue weighted by atomic mass is 10.0. The Balaban J connectivity index is 2.36. The summed E-state index contributed by atoms with van der Waals surface area (Å²) in [6.07, 6.45) is 5.77. The van der Waals surface area contributed by atoms with Gasteiger partial charge in [0.2, 0.25) is 0 Å². The first kappa shape index (κ1) is 17.2. The van der Waals surface area contributed by atoms with Crippen molar-refractivity contribution in [2.24, 2.45) is 0 Å². The first-order valence-corrected chi connectivity index (χ1v) is 8.13. The van der Waals surface area contributed by atoms with Crippen LogP contribution in [0.2, 0.25) is 0 Å². The maximum Gasteiger partial charge on any atom is 0.323 e. The van der Waals surface area contributed by atoms with Gasteiger partial charge in [0.15, 0.2) is 0 Å². The molecule has 2 rings (SSSR count). The third-order valence-corrected chi connectivity index (χ3v) is 4.41. The number of carboxylic acid groups (broad SMARTS) is 1. The number of carbonyl (C=O) groups excluding carboxylic acids is 1. The number of carbonyl (C=O) groups is 2. The summed E-state index contributed by atoms with van der Waals surface area (Å²) >= 11 is 0.